The second-order valence-electron chi connectivity index (χ2n) is 7.85. The third-order valence-corrected chi connectivity index (χ3v) is 6.57. The molecule has 3 N–H and O–H groups in total. The maximum atomic E-state index is 12.9. The zero-order valence-corrected chi connectivity index (χ0v) is 19.0. The molecule has 0 radical (unpaired) electrons. The number of para-hydroxylation sites is 2. The number of benzene rings is 1. The van der Waals surface area contributed by atoms with Crippen molar-refractivity contribution in [3.63, 3.8) is 0 Å². The summed E-state index contributed by atoms with van der Waals surface area (Å²) < 4.78 is 11.3. The van der Waals surface area contributed by atoms with Crippen LogP contribution in [0.25, 0.3) is 11.0 Å². The maximum Gasteiger partial charge on any atom is 0.356 e. The molecule has 0 spiro atoms. The van der Waals surface area contributed by atoms with Crippen molar-refractivity contribution in [2.24, 2.45) is 0 Å². The van der Waals surface area contributed by atoms with Crippen molar-refractivity contribution >= 4 is 46.4 Å². The van der Waals surface area contributed by atoms with E-state index in [0.29, 0.717) is 58.3 Å². The molecule has 172 valence electrons. The lowest BCUT2D eigenvalue weighted by Gasteiger charge is -2.32. The maximum absolute atomic E-state index is 12.9. The fourth-order valence-corrected chi connectivity index (χ4v) is 5.05. The van der Waals surface area contributed by atoms with Crippen LogP contribution in [-0.4, -0.2) is 45.2 Å². The molecule has 0 saturated carbocycles. The van der Waals surface area contributed by atoms with Crippen LogP contribution in [0.4, 0.5) is 11.7 Å². The summed E-state index contributed by atoms with van der Waals surface area (Å²) in [5.41, 5.74) is 4.20. The lowest BCUT2D eigenvalue weighted by atomic mass is 9.93. The van der Waals surface area contributed by atoms with Crippen LogP contribution in [0, 0.1) is 0 Å². The summed E-state index contributed by atoms with van der Waals surface area (Å²) >= 11 is 1.35. The molecule has 0 unspecified atom stereocenters. The molecule has 4 aromatic rings. The molecular weight excluding hydrogens is 456 g/mol. The molecule has 3 aromatic heterocycles. The summed E-state index contributed by atoms with van der Waals surface area (Å²) in [6.45, 7) is 2.55. The van der Waals surface area contributed by atoms with Gasteiger partial charge in [0.2, 0.25) is 5.88 Å². The van der Waals surface area contributed by atoms with Gasteiger partial charge in [0.25, 0.3) is 5.91 Å². The zero-order chi connectivity index (χ0) is 23.2. The van der Waals surface area contributed by atoms with Crippen LogP contribution in [-0.2, 0) is 16.0 Å². The zero-order valence-electron chi connectivity index (χ0n) is 18.2. The first-order valence-electron chi connectivity index (χ1n) is 10.9. The number of carbonyl (C=O) groups excluding carboxylic acids is 2. The minimum absolute atomic E-state index is 0.199. The predicted octanol–water partition coefficient (Wildman–Crippen LogP) is 3.68. The van der Waals surface area contributed by atoms with Crippen LogP contribution in [0.5, 0.6) is 0 Å². The van der Waals surface area contributed by atoms with E-state index in [4.69, 9.17) is 9.15 Å². The Kier molecular flexibility index (Phi) is 4.91. The molecule has 6 rings (SSSR count). The van der Waals surface area contributed by atoms with E-state index in [0.717, 1.165) is 16.6 Å². The van der Waals surface area contributed by atoms with Crippen molar-refractivity contribution in [1.82, 2.24) is 25.5 Å². The number of anilines is 2. The summed E-state index contributed by atoms with van der Waals surface area (Å²) in [5, 5.41) is 11.4. The Morgan fingerprint density at radius 3 is 3.00 bits per heavy atom. The van der Waals surface area contributed by atoms with Gasteiger partial charge in [-0.2, -0.15) is 5.10 Å². The van der Waals surface area contributed by atoms with Crippen LogP contribution < -0.4 is 10.2 Å². The normalized spacial score (nSPS) is 15.3. The second-order valence-corrected chi connectivity index (χ2v) is 8.84. The summed E-state index contributed by atoms with van der Waals surface area (Å²) in [7, 11) is 0. The predicted molar refractivity (Wildman–Crippen MR) is 124 cm³/mol. The van der Waals surface area contributed by atoms with Crippen LogP contribution >= 0.6 is 11.8 Å². The molecule has 2 aliphatic heterocycles. The first-order valence-corrected chi connectivity index (χ1v) is 11.7. The molecule has 0 saturated heterocycles. The van der Waals surface area contributed by atoms with Gasteiger partial charge in [-0.25, -0.2) is 9.78 Å². The van der Waals surface area contributed by atoms with Crippen molar-refractivity contribution in [3.8, 4) is 0 Å². The number of carbonyl (C=O) groups is 2. The van der Waals surface area contributed by atoms with Crippen molar-refractivity contribution < 1.29 is 18.7 Å². The Balaban J connectivity index is 1.38. The highest BCUT2D eigenvalue weighted by Crippen LogP contribution is 2.43. The molecule has 10 nitrogen and oxygen atoms in total. The Hall–Kier alpha value is -3.99. The number of aromatic amines is 2. The molecule has 11 heteroatoms. The van der Waals surface area contributed by atoms with Gasteiger partial charge in [-0.1, -0.05) is 12.1 Å². The number of nitrogens with zero attached hydrogens (tertiary/aromatic N) is 3. The van der Waals surface area contributed by atoms with E-state index in [1.54, 1.807) is 17.9 Å². The number of H-pyrrole nitrogens is 2. The Morgan fingerprint density at radius 1 is 1.26 bits per heavy atom. The lowest BCUT2D eigenvalue weighted by Crippen LogP contribution is -2.41. The first kappa shape index (κ1) is 20.6. The van der Waals surface area contributed by atoms with Gasteiger partial charge in [-0.3, -0.25) is 14.8 Å². The van der Waals surface area contributed by atoms with E-state index in [1.165, 1.54) is 11.8 Å². The molecule has 2 aliphatic rings. The van der Waals surface area contributed by atoms with Gasteiger partial charge in [-0.15, -0.1) is 0 Å². The topological polar surface area (TPSA) is 129 Å². The van der Waals surface area contributed by atoms with Gasteiger partial charge in [0.15, 0.2) is 16.1 Å². The third-order valence-electron chi connectivity index (χ3n) is 5.77. The second kappa shape index (κ2) is 8.10. The number of nitrogens with one attached hydrogen (secondary N) is 3. The SMILES string of the molecule is CCOC(=O)c1[nH]nc2c1CC1=C(C(=O)NCC1)N2c1ccc(Sc2nc3ccccc3[nH]2)o1. The Labute approximate surface area is 197 Å². The van der Waals surface area contributed by atoms with Gasteiger partial charge < -0.3 is 19.5 Å². The Bertz CT molecular complexity index is 1430. The number of hydrogen-bond acceptors (Lipinski definition) is 8. The standard InChI is InChI=1S/C23H20N6O4S/c1-2-32-22(31)18-13-11-12-9-10-24-21(30)19(12)29(20(13)28-27-18)16-7-8-17(33-16)34-23-25-14-5-3-4-6-15(14)26-23/h3-8H,2,9-11H2,1H3,(H,24,30)(H,25,26)(H,27,28). The number of furan rings is 1. The van der Waals surface area contributed by atoms with Gasteiger partial charge in [0, 0.05) is 24.6 Å². The summed E-state index contributed by atoms with van der Waals surface area (Å²) in [6, 6.07) is 11.4. The van der Waals surface area contributed by atoms with Crippen molar-refractivity contribution in [1.29, 1.82) is 0 Å². The van der Waals surface area contributed by atoms with Crippen LogP contribution in [0.15, 0.2) is 62.3 Å². The smallest absolute Gasteiger partial charge is 0.356 e. The van der Waals surface area contributed by atoms with Gasteiger partial charge >= 0.3 is 5.97 Å². The van der Waals surface area contributed by atoms with Crippen LogP contribution in [0.3, 0.4) is 0 Å². The first-order chi connectivity index (χ1) is 16.6. The number of hydrogen-bond donors (Lipinski definition) is 3. The van der Waals surface area contributed by atoms with E-state index in [-0.39, 0.29) is 12.5 Å². The molecule has 0 fully saturated rings. The van der Waals surface area contributed by atoms with E-state index < -0.39 is 5.97 Å². The molecule has 0 bridgehead atoms. The summed E-state index contributed by atoms with van der Waals surface area (Å²) in [5.74, 6) is 0.205. The van der Waals surface area contributed by atoms with E-state index >= 15 is 0 Å². The summed E-state index contributed by atoms with van der Waals surface area (Å²) in [6.07, 6.45) is 1.12. The van der Waals surface area contributed by atoms with Crippen LogP contribution in [0.1, 0.15) is 29.4 Å². The number of fused-ring (bicyclic) bond motifs is 2. The van der Waals surface area contributed by atoms with Crippen LogP contribution in [0.2, 0.25) is 0 Å². The number of amides is 1. The molecule has 34 heavy (non-hydrogen) atoms. The monoisotopic (exact) mass is 476 g/mol. The highest BCUT2D eigenvalue weighted by Gasteiger charge is 2.38. The largest absolute Gasteiger partial charge is 0.461 e. The van der Waals surface area contributed by atoms with E-state index in [9.17, 15) is 9.59 Å². The molecular formula is C23H20N6O4S. The fraction of sp³-hybridized carbons (Fsp3) is 0.217. The number of imidazole rings is 1. The van der Waals surface area contributed by atoms with Crippen molar-refractivity contribution in [2.45, 2.75) is 30.0 Å². The van der Waals surface area contributed by atoms with E-state index in [2.05, 4.69) is 25.5 Å². The minimum atomic E-state index is -0.471. The quantitative estimate of drug-likeness (QED) is 0.372. The number of rotatable bonds is 5. The number of ether oxygens (including phenoxy) is 1. The van der Waals surface area contributed by atoms with Crippen molar-refractivity contribution in [3.05, 3.63) is 58.9 Å². The minimum Gasteiger partial charge on any atom is -0.461 e. The number of esters is 1. The molecule has 1 aromatic carbocycles. The lowest BCUT2D eigenvalue weighted by molar-refractivity contribution is -0.118. The molecule has 0 aliphatic carbocycles. The average molecular weight is 477 g/mol. The highest BCUT2D eigenvalue weighted by atomic mass is 32.2. The average Bonchev–Trinajstić information content (AvgIpc) is 3.56. The van der Waals surface area contributed by atoms with Gasteiger partial charge in [-0.05, 0) is 48.9 Å². The van der Waals surface area contributed by atoms with Crippen molar-refractivity contribution in [2.75, 3.05) is 18.1 Å². The van der Waals surface area contributed by atoms with E-state index in [1.807, 2.05) is 30.3 Å². The fourth-order valence-electron chi connectivity index (χ4n) is 4.29. The molecule has 5 heterocycles. The third kappa shape index (κ3) is 3.36. The molecule has 1 amide bonds. The van der Waals surface area contributed by atoms with Gasteiger partial charge in [0.1, 0.15) is 11.4 Å². The summed E-state index contributed by atoms with van der Waals surface area (Å²) in [4.78, 5) is 34.9. The van der Waals surface area contributed by atoms with Gasteiger partial charge in [0.05, 0.1) is 17.6 Å². The number of aromatic nitrogens is 4. The Morgan fingerprint density at radius 2 is 2.15 bits per heavy atom. The molecule has 0 atom stereocenters. The highest BCUT2D eigenvalue weighted by molar-refractivity contribution is 7.99.